The van der Waals surface area contributed by atoms with Crippen LogP contribution in [0.1, 0.15) is 58.2 Å². The highest BCUT2D eigenvalue weighted by atomic mass is 35.5. The van der Waals surface area contributed by atoms with Crippen LogP contribution in [0.5, 0.6) is 5.75 Å². The molecule has 30 heavy (non-hydrogen) atoms. The molecule has 166 valence electrons. The molecule has 2 rings (SSSR count). The zero-order valence-electron chi connectivity index (χ0n) is 18.6. The molecule has 0 saturated carbocycles. The Labute approximate surface area is 184 Å². The average molecular weight is 454 g/mol. The third kappa shape index (κ3) is 6.75. The van der Waals surface area contributed by atoms with Crippen molar-refractivity contribution < 1.29 is 19.5 Å². The lowest BCUT2D eigenvalue weighted by Crippen LogP contribution is -2.28. The summed E-state index contributed by atoms with van der Waals surface area (Å²) in [5.41, 5.74) is 2.58. The van der Waals surface area contributed by atoms with Gasteiger partial charge >= 0.3 is 7.60 Å². The first kappa shape index (κ1) is 24.7. The first-order chi connectivity index (χ1) is 13.6. The smallest absolute Gasteiger partial charge is 0.344 e. The second kappa shape index (κ2) is 8.92. The van der Waals surface area contributed by atoms with E-state index in [2.05, 4.69) is 0 Å². The highest BCUT2D eigenvalue weighted by Gasteiger charge is 2.29. The molecule has 0 heterocycles. The molecule has 0 atom stereocenters. The highest BCUT2D eigenvalue weighted by molar-refractivity contribution is 7.51. The van der Waals surface area contributed by atoms with E-state index in [9.17, 15) is 19.5 Å². The molecule has 0 aliphatic rings. The summed E-state index contributed by atoms with van der Waals surface area (Å²) in [6.45, 7) is 12.5. The summed E-state index contributed by atoms with van der Waals surface area (Å²) in [5, 5.41) is 11.6. The van der Waals surface area contributed by atoms with Gasteiger partial charge in [-0.25, -0.2) is 0 Å². The van der Waals surface area contributed by atoms with Crippen LogP contribution in [0.4, 0.5) is 5.69 Å². The maximum absolute atomic E-state index is 11.9. The maximum atomic E-state index is 11.9. The minimum atomic E-state index is -4.30. The Morgan fingerprint density at radius 3 is 1.80 bits per heavy atom. The van der Waals surface area contributed by atoms with Crippen molar-refractivity contribution in [3.63, 3.8) is 0 Å². The summed E-state index contributed by atoms with van der Waals surface area (Å²) in [5.74, 6) is 0.243. The van der Waals surface area contributed by atoms with E-state index in [1.165, 1.54) is 0 Å². The SMILES string of the molecule is CC(C)(C)c1cc(N(CCc2ccc(Cl)cc2)CP(=O)(O)O)cc(C(C)(C)C)c1O. The number of phenolic OH excluding ortho intramolecular Hbond substituents is 1. The lowest BCUT2D eigenvalue weighted by Gasteiger charge is -2.32. The Balaban J connectivity index is 2.53. The van der Waals surface area contributed by atoms with E-state index >= 15 is 0 Å². The van der Waals surface area contributed by atoms with Gasteiger partial charge in [-0.15, -0.1) is 0 Å². The van der Waals surface area contributed by atoms with Crippen molar-refractivity contribution in [3.8, 4) is 5.75 Å². The number of phenols is 1. The number of anilines is 1. The van der Waals surface area contributed by atoms with E-state index in [4.69, 9.17) is 11.6 Å². The molecular weight excluding hydrogens is 421 g/mol. The molecule has 0 bridgehead atoms. The lowest BCUT2D eigenvalue weighted by atomic mass is 9.79. The van der Waals surface area contributed by atoms with Gasteiger partial charge in [0, 0.05) is 28.4 Å². The van der Waals surface area contributed by atoms with Gasteiger partial charge in [-0.05, 0) is 47.1 Å². The third-order valence-corrected chi connectivity index (χ3v) is 5.98. The molecule has 0 aliphatic carbocycles. The highest BCUT2D eigenvalue weighted by Crippen LogP contribution is 2.44. The number of hydrogen-bond donors (Lipinski definition) is 3. The number of halogens is 1. The summed E-state index contributed by atoms with van der Waals surface area (Å²) in [6, 6.07) is 11.1. The number of benzene rings is 2. The Bertz CT molecular complexity index is 889. The molecule has 0 saturated heterocycles. The third-order valence-electron chi connectivity index (χ3n) is 5.01. The molecule has 0 radical (unpaired) electrons. The molecule has 2 aromatic rings. The van der Waals surface area contributed by atoms with Crippen molar-refractivity contribution in [1.29, 1.82) is 0 Å². The van der Waals surface area contributed by atoms with Crippen LogP contribution in [0, 0.1) is 0 Å². The van der Waals surface area contributed by atoms with Crippen LogP contribution in [0.3, 0.4) is 0 Å². The average Bonchev–Trinajstić information content (AvgIpc) is 2.57. The second-order valence-corrected chi connectivity index (χ2v) is 11.9. The fourth-order valence-electron chi connectivity index (χ4n) is 3.36. The minimum absolute atomic E-state index is 0.243. The van der Waals surface area contributed by atoms with Crippen LogP contribution in [0.15, 0.2) is 36.4 Å². The van der Waals surface area contributed by atoms with E-state index in [1.807, 2.05) is 65.8 Å². The van der Waals surface area contributed by atoms with Gasteiger partial charge in [0.05, 0.1) is 0 Å². The van der Waals surface area contributed by atoms with Crippen LogP contribution in [0.25, 0.3) is 0 Å². The standard InChI is InChI=1S/C23H33ClNO4P/c1-22(2,3)19-13-18(14-20(21(19)26)23(4,5)6)25(15-30(27,28)29)12-11-16-7-9-17(24)10-8-16/h7-10,13-14,26H,11-12,15H2,1-6H3,(H2,27,28,29). The number of aromatic hydroxyl groups is 1. The van der Waals surface area contributed by atoms with Crippen LogP contribution < -0.4 is 4.90 Å². The molecule has 0 amide bonds. The zero-order chi connectivity index (χ0) is 22.9. The molecular formula is C23H33ClNO4P. The Hall–Kier alpha value is -1.52. The van der Waals surface area contributed by atoms with Gasteiger partial charge in [-0.3, -0.25) is 4.57 Å². The molecule has 0 unspecified atom stereocenters. The minimum Gasteiger partial charge on any atom is -0.507 e. The van der Waals surface area contributed by atoms with Crippen LogP contribution >= 0.6 is 19.2 Å². The number of rotatable bonds is 6. The largest absolute Gasteiger partial charge is 0.507 e. The quantitative estimate of drug-likeness (QED) is 0.480. The Kier molecular flexibility index (Phi) is 7.36. The molecule has 3 N–H and O–H groups in total. The van der Waals surface area contributed by atoms with Gasteiger partial charge < -0.3 is 19.8 Å². The van der Waals surface area contributed by atoms with E-state index < -0.39 is 13.9 Å². The van der Waals surface area contributed by atoms with E-state index in [-0.39, 0.29) is 16.6 Å². The van der Waals surface area contributed by atoms with Crippen LogP contribution in [-0.4, -0.2) is 27.7 Å². The molecule has 0 aliphatic heterocycles. The molecule has 0 aromatic heterocycles. The van der Waals surface area contributed by atoms with Crippen molar-refractivity contribution in [3.05, 3.63) is 58.1 Å². The topological polar surface area (TPSA) is 81.0 Å². The fraction of sp³-hybridized carbons (Fsp3) is 0.478. The van der Waals surface area contributed by atoms with Crippen LogP contribution in [-0.2, 0) is 21.8 Å². The van der Waals surface area contributed by atoms with Crippen molar-refractivity contribution in [2.45, 2.75) is 58.8 Å². The maximum Gasteiger partial charge on any atom is 0.344 e. The van der Waals surface area contributed by atoms with Gasteiger partial charge in [0.2, 0.25) is 0 Å². The summed E-state index contributed by atoms with van der Waals surface area (Å²) in [7, 11) is -4.30. The van der Waals surface area contributed by atoms with Crippen molar-refractivity contribution in [2.24, 2.45) is 0 Å². The van der Waals surface area contributed by atoms with Crippen molar-refractivity contribution in [2.75, 3.05) is 17.7 Å². The first-order valence-corrected chi connectivity index (χ1v) is 12.2. The summed E-state index contributed by atoms with van der Waals surface area (Å²) in [6.07, 6.45) is 0.215. The molecule has 2 aromatic carbocycles. The van der Waals surface area contributed by atoms with Crippen molar-refractivity contribution in [1.82, 2.24) is 0 Å². The van der Waals surface area contributed by atoms with Crippen molar-refractivity contribution >= 4 is 24.9 Å². The number of nitrogens with zero attached hydrogens (tertiary/aromatic N) is 1. The van der Waals surface area contributed by atoms with Gasteiger partial charge in [0.15, 0.2) is 0 Å². The fourth-order valence-corrected chi connectivity index (χ4v) is 4.24. The monoisotopic (exact) mass is 453 g/mol. The first-order valence-electron chi connectivity index (χ1n) is 10.00. The van der Waals surface area contributed by atoms with E-state index in [1.54, 1.807) is 17.0 Å². The predicted molar refractivity (Wildman–Crippen MR) is 125 cm³/mol. The van der Waals surface area contributed by atoms with Crippen LogP contribution in [0.2, 0.25) is 5.02 Å². The Morgan fingerprint density at radius 1 is 0.933 bits per heavy atom. The molecule has 5 nitrogen and oxygen atoms in total. The summed E-state index contributed by atoms with van der Waals surface area (Å²) in [4.78, 5) is 21.1. The second-order valence-electron chi connectivity index (χ2n) is 9.84. The van der Waals surface area contributed by atoms with E-state index in [0.29, 0.717) is 23.7 Å². The van der Waals surface area contributed by atoms with Gasteiger partial charge in [0.25, 0.3) is 0 Å². The predicted octanol–water partition coefficient (Wildman–Crippen LogP) is 5.82. The lowest BCUT2D eigenvalue weighted by molar-refractivity contribution is 0.372. The molecule has 0 spiro atoms. The normalized spacial score (nSPS) is 12.8. The molecule has 7 heteroatoms. The summed E-state index contributed by atoms with van der Waals surface area (Å²) < 4.78 is 11.9. The van der Waals surface area contributed by atoms with E-state index in [0.717, 1.165) is 16.7 Å². The Morgan fingerprint density at radius 2 is 1.40 bits per heavy atom. The van der Waals surface area contributed by atoms with Gasteiger partial charge in [-0.1, -0.05) is 65.3 Å². The molecule has 0 fully saturated rings. The zero-order valence-corrected chi connectivity index (χ0v) is 20.3. The number of hydrogen-bond acceptors (Lipinski definition) is 3. The van der Waals surface area contributed by atoms with Gasteiger partial charge in [0.1, 0.15) is 12.0 Å². The summed E-state index contributed by atoms with van der Waals surface area (Å²) >= 11 is 5.96. The van der Waals surface area contributed by atoms with Gasteiger partial charge in [-0.2, -0.15) is 0 Å².